The predicted octanol–water partition coefficient (Wildman–Crippen LogP) is 3.78. The van der Waals surface area contributed by atoms with Gasteiger partial charge in [-0.25, -0.2) is 0 Å². The predicted molar refractivity (Wildman–Crippen MR) is 111 cm³/mol. The number of carbonyl (C=O) groups excluding carboxylic acids is 1. The lowest BCUT2D eigenvalue weighted by atomic mass is 9.76. The Bertz CT molecular complexity index is 853. The fourth-order valence-electron chi connectivity index (χ4n) is 4.86. The summed E-state index contributed by atoms with van der Waals surface area (Å²) >= 11 is 0. The van der Waals surface area contributed by atoms with Crippen molar-refractivity contribution in [1.29, 1.82) is 0 Å². The molecule has 4 rings (SSSR count). The summed E-state index contributed by atoms with van der Waals surface area (Å²) in [4.78, 5) is 11.7. The van der Waals surface area contributed by atoms with Crippen LogP contribution in [-0.4, -0.2) is 38.9 Å². The maximum Gasteiger partial charge on any atom is 0.309 e. The van der Waals surface area contributed by atoms with E-state index in [1.165, 1.54) is 12.7 Å². The Morgan fingerprint density at radius 1 is 1.21 bits per heavy atom. The van der Waals surface area contributed by atoms with Crippen molar-refractivity contribution in [2.45, 2.75) is 43.2 Å². The molecule has 2 aromatic carbocycles. The summed E-state index contributed by atoms with van der Waals surface area (Å²) in [6, 6.07) is 16.7. The van der Waals surface area contributed by atoms with Crippen LogP contribution in [0.15, 0.2) is 48.5 Å². The Balaban J connectivity index is 1.61. The number of benzene rings is 2. The number of nitrogens with one attached hydrogen (secondary N) is 1. The van der Waals surface area contributed by atoms with E-state index in [2.05, 4.69) is 41.7 Å². The molecule has 0 aromatic heterocycles. The highest BCUT2D eigenvalue weighted by Gasteiger charge is 2.49. The van der Waals surface area contributed by atoms with Crippen LogP contribution in [0, 0.1) is 0 Å². The first-order chi connectivity index (χ1) is 14.1. The highest BCUT2D eigenvalue weighted by molar-refractivity contribution is 5.72. The monoisotopic (exact) mass is 395 g/mol. The Labute approximate surface area is 172 Å². The Hall–Kier alpha value is -2.37. The number of piperidine rings is 1. The summed E-state index contributed by atoms with van der Waals surface area (Å²) in [5.41, 5.74) is 3.12. The lowest BCUT2D eigenvalue weighted by molar-refractivity contribution is -0.139. The molecule has 5 nitrogen and oxygen atoms in total. The summed E-state index contributed by atoms with van der Waals surface area (Å²) < 4.78 is 17.0. The van der Waals surface area contributed by atoms with Gasteiger partial charge in [0.15, 0.2) is 0 Å². The number of rotatable bonds is 5. The molecule has 29 heavy (non-hydrogen) atoms. The molecular weight excluding hydrogens is 366 g/mol. The Kier molecular flexibility index (Phi) is 5.88. The molecule has 1 spiro atoms. The van der Waals surface area contributed by atoms with Gasteiger partial charge in [0, 0.05) is 5.92 Å². The minimum atomic E-state index is -0.235. The third-order valence-corrected chi connectivity index (χ3v) is 6.26. The molecule has 2 aliphatic rings. The molecule has 0 saturated carbocycles. The van der Waals surface area contributed by atoms with Gasteiger partial charge >= 0.3 is 5.97 Å². The van der Waals surface area contributed by atoms with Gasteiger partial charge in [0.2, 0.25) is 0 Å². The van der Waals surface area contributed by atoms with Crippen LogP contribution in [-0.2, 0) is 20.7 Å². The van der Waals surface area contributed by atoms with Crippen LogP contribution in [0.4, 0.5) is 0 Å². The molecule has 0 radical (unpaired) electrons. The smallest absolute Gasteiger partial charge is 0.309 e. The van der Waals surface area contributed by atoms with Gasteiger partial charge in [-0.1, -0.05) is 42.5 Å². The summed E-state index contributed by atoms with van der Waals surface area (Å²) in [5.74, 6) is 0.846. The second kappa shape index (κ2) is 8.56. The van der Waals surface area contributed by atoms with E-state index in [1.807, 2.05) is 12.1 Å². The third kappa shape index (κ3) is 4.02. The molecule has 2 heterocycles. The lowest BCUT2D eigenvalue weighted by Crippen LogP contribution is -2.48. The average Bonchev–Trinajstić information content (AvgIpc) is 3.18. The van der Waals surface area contributed by atoms with E-state index in [-0.39, 0.29) is 30.0 Å². The first-order valence-electron chi connectivity index (χ1n) is 10.3. The zero-order valence-electron chi connectivity index (χ0n) is 17.1. The molecule has 3 atom stereocenters. The van der Waals surface area contributed by atoms with E-state index >= 15 is 0 Å². The van der Waals surface area contributed by atoms with Crippen molar-refractivity contribution < 1.29 is 19.0 Å². The van der Waals surface area contributed by atoms with Crippen molar-refractivity contribution in [3.8, 4) is 5.75 Å². The maximum atomic E-state index is 11.7. The van der Waals surface area contributed by atoms with Crippen molar-refractivity contribution in [1.82, 2.24) is 5.32 Å². The average molecular weight is 395 g/mol. The minimum Gasteiger partial charge on any atom is -0.496 e. The largest absolute Gasteiger partial charge is 0.496 e. The highest BCUT2D eigenvalue weighted by Crippen LogP contribution is 2.49. The lowest BCUT2D eigenvalue weighted by Gasteiger charge is -2.41. The quantitative estimate of drug-likeness (QED) is 0.781. The summed E-state index contributed by atoms with van der Waals surface area (Å²) in [6.07, 6.45) is 3.34. The number of hydrogen-bond acceptors (Lipinski definition) is 5. The second-order valence-corrected chi connectivity index (χ2v) is 8.01. The van der Waals surface area contributed by atoms with E-state index in [4.69, 9.17) is 14.2 Å². The molecule has 0 bridgehead atoms. The number of ether oxygens (including phenoxy) is 3. The summed E-state index contributed by atoms with van der Waals surface area (Å²) in [7, 11) is 3.11. The molecule has 0 unspecified atom stereocenters. The molecule has 0 amide bonds. The molecule has 2 aliphatic heterocycles. The van der Waals surface area contributed by atoms with Crippen LogP contribution in [0.3, 0.4) is 0 Å². The molecular formula is C24H29NO4. The molecule has 154 valence electrons. The van der Waals surface area contributed by atoms with Crippen LogP contribution in [0.25, 0.3) is 0 Å². The van der Waals surface area contributed by atoms with Crippen molar-refractivity contribution >= 4 is 5.97 Å². The fraction of sp³-hybridized carbons (Fsp3) is 0.458. The van der Waals surface area contributed by atoms with Gasteiger partial charge in [-0.3, -0.25) is 4.79 Å². The highest BCUT2D eigenvalue weighted by atomic mass is 16.5. The number of hydrogen-bond donors (Lipinski definition) is 1. The van der Waals surface area contributed by atoms with E-state index in [0.717, 1.165) is 42.7 Å². The standard InChI is InChI=1S/C24H29NO4/c1-27-21-10-9-17(14-22(26)28-2)13-20(21)19-15-24(29-16-19)11-6-12-25-23(24)18-7-4-3-5-8-18/h3-5,7-10,13,19,23,25H,6,11-12,14-16H2,1-2H3/t19-,23+,24-/m1/s1. The maximum absolute atomic E-state index is 11.7. The first-order valence-corrected chi connectivity index (χ1v) is 10.3. The zero-order chi connectivity index (χ0) is 20.3. The third-order valence-electron chi connectivity index (χ3n) is 6.26. The van der Waals surface area contributed by atoms with Crippen LogP contribution >= 0.6 is 0 Å². The minimum absolute atomic E-state index is 0.187. The zero-order valence-corrected chi connectivity index (χ0v) is 17.1. The van der Waals surface area contributed by atoms with Gasteiger partial charge in [0.25, 0.3) is 0 Å². The van der Waals surface area contributed by atoms with E-state index in [0.29, 0.717) is 6.61 Å². The molecule has 1 N–H and O–H groups in total. The van der Waals surface area contributed by atoms with E-state index in [9.17, 15) is 4.79 Å². The van der Waals surface area contributed by atoms with Crippen LogP contribution in [0.2, 0.25) is 0 Å². The molecule has 2 aromatic rings. The van der Waals surface area contributed by atoms with E-state index < -0.39 is 0 Å². The summed E-state index contributed by atoms with van der Waals surface area (Å²) in [6.45, 7) is 1.66. The molecule has 2 saturated heterocycles. The van der Waals surface area contributed by atoms with Gasteiger partial charge < -0.3 is 19.5 Å². The Morgan fingerprint density at radius 2 is 2.03 bits per heavy atom. The molecule has 0 aliphatic carbocycles. The summed E-state index contributed by atoms with van der Waals surface area (Å²) in [5, 5.41) is 3.70. The topological polar surface area (TPSA) is 56.8 Å². The van der Waals surface area contributed by atoms with Gasteiger partial charge in [-0.05, 0) is 48.6 Å². The fourth-order valence-corrected chi connectivity index (χ4v) is 4.86. The molecule has 2 fully saturated rings. The van der Waals surface area contributed by atoms with Crippen molar-refractivity contribution in [3.05, 3.63) is 65.2 Å². The number of esters is 1. The molecule has 5 heteroatoms. The van der Waals surface area contributed by atoms with Gasteiger partial charge in [0.05, 0.1) is 38.9 Å². The number of carbonyl (C=O) groups is 1. The van der Waals surface area contributed by atoms with Crippen LogP contribution in [0.5, 0.6) is 5.75 Å². The van der Waals surface area contributed by atoms with Crippen molar-refractivity contribution in [2.75, 3.05) is 27.4 Å². The van der Waals surface area contributed by atoms with Gasteiger partial charge in [-0.2, -0.15) is 0 Å². The van der Waals surface area contributed by atoms with Gasteiger partial charge in [-0.15, -0.1) is 0 Å². The van der Waals surface area contributed by atoms with Crippen LogP contribution < -0.4 is 10.1 Å². The normalized spacial score (nSPS) is 26.4. The van der Waals surface area contributed by atoms with Gasteiger partial charge in [0.1, 0.15) is 5.75 Å². The van der Waals surface area contributed by atoms with Crippen molar-refractivity contribution in [3.63, 3.8) is 0 Å². The Morgan fingerprint density at radius 3 is 2.79 bits per heavy atom. The van der Waals surface area contributed by atoms with Crippen molar-refractivity contribution in [2.24, 2.45) is 0 Å². The number of methoxy groups -OCH3 is 2. The van der Waals surface area contributed by atoms with E-state index in [1.54, 1.807) is 7.11 Å². The second-order valence-electron chi connectivity index (χ2n) is 8.01. The van der Waals surface area contributed by atoms with Crippen LogP contribution in [0.1, 0.15) is 47.9 Å². The first kappa shape index (κ1) is 19.9. The SMILES string of the molecule is COC(=O)Cc1ccc(OC)c([C@H]2CO[C@]3(CCCN[C@H]3c3ccccc3)C2)c1.